The zero-order valence-electron chi connectivity index (χ0n) is 11.8. The fourth-order valence-corrected chi connectivity index (χ4v) is 3.09. The second-order valence-electron chi connectivity index (χ2n) is 6.04. The third-order valence-electron chi connectivity index (χ3n) is 4.97. The zero-order valence-corrected chi connectivity index (χ0v) is 11.8. The smallest absolute Gasteiger partial charge is 0.0334 e. The molecule has 0 aromatic rings. The second-order valence-corrected chi connectivity index (χ2v) is 6.04. The molecule has 96 valence electrons. The Balaban J connectivity index is 2.73. The first-order valence-electron chi connectivity index (χ1n) is 6.90. The Hall–Kier alpha value is -0.0800. The molecule has 1 fully saturated rings. The van der Waals surface area contributed by atoms with E-state index in [1.807, 2.05) is 0 Å². The van der Waals surface area contributed by atoms with Gasteiger partial charge in [0.2, 0.25) is 0 Å². The molecule has 0 saturated heterocycles. The third-order valence-corrected chi connectivity index (χ3v) is 4.97. The molecule has 16 heavy (non-hydrogen) atoms. The van der Waals surface area contributed by atoms with E-state index in [-0.39, 0.29) is 5.54 Å². The van der Waals surface area contributed by atoms with Crippen molar-refractivity contribution in [1.29, 1.82) is 0 Å². The summed E-state index contributed by atoms with van der Waals surface area (Å²) >= 11 is 0. The van der Waals surface area contributed by atoms with E-state index in [4.69, 9.17) is 5.73 Å². The molecule has 1 aliphatic rings. The molecule has 1 rings (SSSR count). The number of hydrogen-bond acceptors (Lipinski definition) is 2. The van der Waals surface area contributed by atoms with Gasteiger partial charge in [-0.2, -0.15) is 0 Å². The second kappa shape index (κ2) is 5.50. The molecule has 1 saturated carbocycles. The van der Waals surface area contributed by atoms with Crippen LogP contribution in [0, 0.1) is 11.8 Å². The average molecular weight is 226 g/mol. The van der Waals surface area contributed by atoms with Crippen LogP contribution in [0.2, 0.25) is 0 Å². The van der Waals surface area contributed by atoms with Crippen molar-refractivity contribution in [1.82, 2.24) is 4.90 Å². The highest BCUT2D eigenvalue weighted by atomic mass is 15.2. The molecule has 0 aliphatic heterocycles. The number of nitrogens with zero attached hydrogens (tertiary/aromatic N) is 1. The highest BCUT2D eigenvalue weighted by molar-refractivity contribution is 4.99. The Labute approximate surface area is 102 Å². The van der Waals surface area contributed by atoms with E-state index < -0.39 is 0 Å². The van der Waals surface area contributed by atoms with Gasteiger partial charge in [0.15, 0.2) is 0 Å². The van der Waals surface area contributed by atoms with Gasteiger partial charge in [0, 0.05) is 18.1 Å². The topological polar surface area (TPSA) is 29.3 Å². The standard InChI is InChI=1S/C14H30N2/c1-6-13-7-8-14(9-13,10-15)16(5)12(4)11(2)3/h11-13H,6-10,15H2,1-5H3. The molecule has 0 heterocycles. The molecule has 0 spiro atoms. The first-order valence-corrected chi connectivity index (χ1v) is 6.90. The average Bonchev–Trinajstić information content (AvgIpc) is 2.71. The molecular weight excluding hydrogens is 196 g/mol. The lowest BCUT2D eigenvalue weighted by atomic mass is 9.90. The molecule has 2 nitrogen and oxygen atoms in total. The fourth-order valence-electron chi connectivity index (χ4n) is 3.09. The van der Waals surface area contributed by atoms with Crippen molar-refractivity contribution in [2.24, 2.45) is 17.6 Å². The summed E-state index contributed by atoms with van der Waals surface area (Å²) in [7, 11) is 2.27. The van der Waals surface area contributed by atoms with Crippen LogP contribution in [0.3, 0.4) is 0 Å². The molecule has 2 N–H and O–H groups in total. The van der Waals surface area contributed by atoms with E-state index in [9.17, 15) is 0 Å². The number of rotatable bonds is 5. The minimum absolute atomic E-state index is 0.282. The first-order chi connectivity index (χ1) is 7.46. The summed E-state index contributed by atoms with van der Waals surface area (Å²) in [5.74, 6) is 1.60. The molecule has 0 bridgehead atoms. The largest absolute Gasteiger partial charge is 0.329 e. The Kier molecular flexibility index (Phi) is 4.81. The predicted molar refractivity (Wildman–Crippen MR) is 71.5 cm³/mol. The predicted octanol–water partition coefficient (Wildman–Crippen LogP) is 2.87. The maximum absolute atomic E-state index is 6.08. The number of nitrogens with two attached hydrogens (primary N) is 1. The van der Waals surface area contributed by atoms with Gasteiger partial charge in [-0.3, -0.25) is 4.90 Å². The molecule has 0 amide bonds. The quantitative estimate of drug-likeness (QED) is 0.781. The molecule has 3 unspecified atom stereocenters. The maximum atomic E-state index is 6.08. The van der Waals surface area contributed by atoms with Gasteiger partial charge in [-0.1, -0.05) is 27.2 Å². The van der Waals surface area contributed by atoms with E-state index >= 15 is 0 Å². The van der Waals surface area contributed by atoms with E-state index in [1.54, 1.807) is 0 Å². The van der Waals surface area contributed by atoms with Gasteiger partial charge < -0.3 is 5.73 Å². The van der Waals surface area contributed by atoms with Gasteiger partial charge in [-0.25, -0.2) is 0 Å². The van der Waals surface area contributed by atoms with Crippen LogP contribution in [0.15, 0.2) is 0 Å². The van der Waals surface area contributed by atoms with Crippen LogP contribution >= 0.6 is 0 Å². The molecule has 0 radical (unpaired) electrons. The Morgan fingerprint density at radius 2 is 2.00 bits per heavy atom. The van der Waals surface area contributed by atoms with E-state index in [0.717, 1.165) is 12.5 Å². The van der Waals surface area contributed by atoms with Crippen molar-refractivity contribution in [3.05, 3.63) is 0 Å². The lowest BCUT2D eigenvalue weighted by molar-refractivity contribution is 0.0641. The summed E-state index contributed by atoms with van der Waals surface area (Å²) in [5.41, 5.74) is 6.37. The van der Waals surface area contributed by atoms with Crippen LogP contribution in [-0.2, 0) is 0 Å². The minimum Gasteiger partial charge on any atom is -0.329 e. The van der Waals surface area contributed by atoms with Crippen molar-refractivity contribution >= 4 is 0 Å². The van der Waals surface area contributed by atoms with Gasteiger partial charge in [-0.15, -0.1) is 0 Å². The van der Waals surface area contributed by atoms with Gasteiger partial charge in [0.1, 0.15) is 0 Å². The summed E-state index contributed by atoms with van der Waals surface area (Å²) < 4.78 is 0. The summed E-state index contributed by atoms with van der Waals surface area (Å²) in [5, 5.41) is 0. The normalized spacial score (nSPS) is 32.6. The van der Waals surface area contributed by atoms with Gasteiger partial charge in [-0.05, 0) is 45.1 Å². The van der Waals surface area contributed by atoms with Gasteiger partial charge >= 0.3 is 0 Å². The van der Waals surface area contributed by atoms with Crippen LogP contribution < -0.4 is 5.73 Å². The molecule has 2 heteroatoms. The first kappa shape index (κ1) is 14.0. The minimum atomic E-state index is 0.282. The van der Waals surface area contributed by atoms with Crippen LogP contribution in [-0.4, -0.2) is 30.1 Å². The SMILES string of the molecule is CCC1CCC(CN)(N(C)C(C)C(C)C)C1. The highest BCUT2D eigenvalue weighted by Gasteiger charge is 2.42. The van der Waals surface area contributed by atoms with Crippen LogP contribution in [0.1, 0.15) is 53.4 Å². The summed E-state index contributed by atoms with van der Waals surface area (Å²) in [4.78, 5) is 2.56. The lowest BCUT2D eigenvalue weighted by Gasteiger charge is -2.43. The van der Waals surface area contributed by atoms with E-state index in [0.29, 0.717) is 12.0 Å². The fraction of sp³-hybridized carbons (Fsp3) is 1.00. The van der Waals surface area contributed by atoms with Crippen molar-refractivity contribution in [3.63, 3.8) is 0 Å². The number of hydrogen-bond donors (Lipinski definition) is 1. The summed E-state index contributed by atoms with van der Waals surface area (Å²) in [6.07, 6.45) is 5.26. The number of likely N-dealkylation sites (N-methyl/N-ethyl adjacent to an activating group) is 1. The lowest BCUT2D eigenvalue weighted by Crippen LogP contribution is -2.55. The molecular formula is C14H30N2. The Morgan fingerprint density at radius 3 is 2.38 bits per heavy atom. The monoisotopic (exact) mass is 226 g/mol. The van der Waals surface area contributed by atoms with Crippen molar-refractivity contribution in [2.45, 2.75) is 65.0 Å². The van der Waals surface area contributed by atoms with E-state index in [2.05, 4.69) is 39.6 Å². The Morgan fingerprint density at radius 1 is 1.38 bits per heavy atom. The summed E-state index contributed by atoms with van der Waals surface area (Å²) in [6.45, 7) is 10.1. The van der Waals surface area contributed by atoms with Crippen molar-refractivity contribution in [3.8, 4) is 0 Å². The van der Waals surface area contributed by atoms with Crippen LogP contribution in [0.5, 0.6) is 0 Å². The molecule has 0 aromatic heterocycles. The molecule has 0 aromatic carbocycles. The molecule has 3 atom stereocenters. The van der Waals surface area contributed by atoms with Crippen LogP contribution in [0.4, 0.5) is 0 Å². The van der Waals surface area contributed by atoms with Gasteiger partial charge in [0.25, 0.3) is 0 Å². The maximum Gasteiger partial charge on any atom is 0.0334 e. The molecule has 1 aliphatic carbocycles. The zero-order chi connectivity index (χ0) is 12.3. The van der Waals surface area contributed by atoms with Crippen LogP contribution in [0.25, 0.3) is 0 Å². The van der Waals surface area contributed by atoms with Crippen molar-refractivity contribution < 1.29 is 0 Å². The Bertz CT molecular complexity index is 215. The highest BCUT2D eigenvalue weighted by Crippen LogP contribution is 2.40. The van der Waals surface area contributed by atoms with Gasteiger partial charge in [0.05, 0.1) is 0 Å². The van der Waals surface area contributed by atoms with E-state index in [1.165, 1.54) is 25.7 Å². The van der Waals surface area contributed by atoms with Crippen molar-refractivity contribution in [2.75, 3.05) is 13.6 Å². The summed E-state index contributed by atoms with van der Waals surface area (Å²) in [6, 6.07) is 0.624. The third kappa shape index (κ3) is 2.60.